The molecule has 5 nitrogen and oxygen atoms in total. The molecule has 2 aromatic rings. The third kappa shape index (κ3) is 1.78. The lowest BCUT2D eigenvalue weighted by atomic mass is 9.75. The number of hydrogen-bond donors (Lipinski definition) is 2. The molecule has 0 fully saturated rings. The van der Waals surface area contributed by atoms with Gasteiger partial charge in [0.05, 0.1) is 11.7 Å². The third-order valence-corrected chi connectivity index (χ3v) is 4.91. The van der Waals surface area contributed by atoms with Crippen LogP contribution in [-0.2, 0) is 10.3 Å². The number of carbonyl (C=O) groups is 1. The lowest BCUT2D eigenvalue weighted by Crippen LogP contribution is -2.36. The van der Waals surface area contributed by atoms with Crippen LogP contribution in [-0.4, -0.2) is 22.3 Å². The predicted molar refractivity (Wildman–Crippen MR) is 88.2 cm³/mol. The van der Waals surface area contributed by atoms with Gasteiger partial charge in [-0.1, -0.05) is 30.4 Å². The monoisotopic (exact) mass is 334 g/mol. The summed E-state index contributed by atoms with van der Waals surface area (Å²) in [5.74, 6) is 0.619. The molecule has 5 heteroatoms. The molecule has 3 aliphatic rings. The van der Waals surface area contributed by atoms with Gasteiger partial charge in [0.15, 0.2) is 5.60 Å². The van der Waals surface area contributed by atoms with Crippen molar-refractivity contribution in [2.24, 2.45) is 0 Å². The summed E-state index contributed by atoms with van der Waals surface area (Å²) in [6, 6.07) is 12.0. The Morgan fingerprint density at radius 1 is 1.12 bits per heavy atom. The molecule has 2 unspecified atom stereocenters. The number of hydrogen-bond acceptors (Lipinski definition) is 5. The average molecular weight is 334 g/mol. The van der Waals surface area contributed by atoms with E-state index in [-0.39, 0.29) is 12.2 Å². The molecule has 0 amide bonds. The van der Waals surface area contributed by atoms with Crippen molar-refractivity contribution >= 4 is 5.97 Å². The largest absolute Gasteiger partial charge is 0.508 e. The minimum atomic E-state index is -1.12. The lowest BCUT2D eigenvalue weighted by molar-refractivity contribution is 0.0203. The topological polar surface area (TPSA) is 76.0 Å². The first-order chi connectivity index (χ1) is 12.1. The van der Waals surface area contributed by atoms with Gasteiger partial charge in [-0.25, -0.2) is 4.79 Å². The van der Waals surface area contributed by atoms with E-state index in [0.29, 0.717) is 28.2 Å². The minimum Gasteiger partial charge on any atom is -0.508 e. The number of carbonyl (C=O) groups excluding carboxylic acids is 1. The fourth-order valence-corrected chi connectivity index (χ4v) is 3.86. The van der Waals surface area contributed by atoms with Crippen LogP contribution in [0.15, 0.2) is 65.9 Å². The van der Waals surface area contributed by atoms with E-state index >= 15 is 0 Å². The van der Waals surface area contributed by atoms with Crippen LogP contribution in [0.3, 0.4) is 0 Å². The van der Waals surface area contributed by atoms with Gasteiger partial charge in [0, 0.05) is 29.2 Å². The van der Waals surface area contributed by atoms with Crippen LogP contribution in [0, 0.1) is 0 Å². The molecule has 0 saturated carbocycles. The molecule has 25 heavy (non-hydrogen) atoms. The van der Waals surface area contributed by atoms with Crippen LogP contribution < -0.4 is 4.74 Å². The molecule has 0 radical (unpaired) electrons. The van der Waals surface area contributed by atoms with E-state index in [4.69, 9.17) is 9.47 Å². The summed E-state index contributed by atoms with van der Waals surface area (Å²) < 4.78 is 11.9. The Labute approximate surface area is 143 Å². The van der Waals surface area contributed by atoms with E-state index in [1.54, 1.807) is 36.4 Å². The summed E-state index contributed by atoms with van der Waals surface area (Å²) >= 11 is 0. The molecule has 124 valence electrons. The fourth-order valence-electron chi connectivity index (χ4n) is 3.86. The smallest absolute Gasteiger partial charge is 0.340 e. The molecular formula is C20H14O5. The maximum absolute atomic E-state index is 12.5. The van der Waals surface area contributed by atoms with Crippen LogP contribution in [0.2, 0.25) is 0 Å². The van der Waals surface area contributed by atoms with Gasteiger partial charge in [0.2, 0.25) is 0 Å². The summed E-state index contributed by atoms with van der Waals surface area (Å²) in [4.78, 5) is 12.5. The SMILES string of the molecule is O=C1OC2(C3=C(CC(O)C=C3)Oc3cc(O)ccc32)c2ccccc21. The van der Waals surface area contributed by atoms with Gasteiger partial charge in [0.25, 0.3) is 0 Å². The Kier molecular flexibility index (Phi) is 2.71. The van der Waals surface area contributed by atoms with Gasteiger partial charge in [-0.15, -0.1) is 0 Å². The maximum atomic E-state index is 12.5. The van der Waals surface area contributed by atoms with Crippen LogP contribution in [0.4, 0.5) is 0 Å². The van der Waals surface area contributed by atoms with E-state index in [1.807, 2.05) is 12.1 Å². The van der Waals surface area contributed by atoms with Crippen molar-refractivity contribution in [1.82, 2.24) is 0 Å². The molecule has 5 rings (SSSR count). The zero-order valence-electron chi connectivity index (χ0n) is 13.1. The van der Waals surface area contributed by atoms with Crippen molar-refractivity contribution < 1.29 is 24.5 Å². The Morgan fingerprint density at radius 3 is 2.84 bits per heavy atom. The van der Waals surface area contributed by atoms with E-state index in [9.17, 15) is 15.0 Å². The standard InChI is InChI=1S/C20H14O5/c21-11-5-7-15-17(9-11)24-18-10-12(22)6-8-16(18)20(15)14-4-2-1-3-13(14)19(23)25-20/h1-9,12,21-22H,10H2. The summed E-state index contributed by atoms with van der Waals surface area (Å²) in [6.45, 7) is 0. The molecule has 2 atom stereocenters. The number of phenols is 1. The summed E-state index contributed by atoms with van der Waals surface area (Å²) in [6.07, 6.45) is 3.04. The number of fused-ring (bicyclic) bond motifs is 5. The number of aromatic hydroxyl groups is 1. The molecule has 2 N–H and O–H groups in total. The van der Waals surface area contributed by atoms with Gasteiger partial charge < -0.3 is 19.7 Å². The average Bonchev–Trinajstić information content (AvgIpc) is 2.88. The highest BCUT2D eigenvalue weighted by Crippen LogP contribution is 2.55. The van der Waals surface area contributed by atoms with Gasteiger partial charge in [-0.2, -0.15) is 0 Å². The Morgan fingerprint density at radius 2 is 1.96 bits per heavy atom. The number of ether oxygens (including phenoxy) is 2. The summed E-state index contributed by atoms with van der Waals surface area (Å²) in [5.41, 5.74) is 1.48. The molecule has 2 heterocycles. The third-order valence-electron chi connectivity index (χ3n) is 4.91. The van der Waals surface area contributed by atoms with Gasteiger partial charge >= 0.3 is 5.97 Å². The summed E-state index contributed by atoms with van der Waals surface area (Å²) in [7, 11) is 0. The molecule has 2 aromatic carbocycles. The Bertz CT molecular complexity index is 987. The van der Waals surface area contributed by atoms with Crippen LogP contribution in [0.5, 0.6) is 11.5 Å². The fraction of sp³-hybridized carbons (Fsp3) is 0.150. The number of rotatable bonds is 0. The zero-order chi connectivity index (χ0) is 17.2. The zero-order valence-corrected chi connectivity index (χ0v) is 13.1. The highest BCUT2D eigenvalue weighted by molar-refractivity contribution is 5.97. The number of aliphatic hydroxyl groups excluding tert-OH is 1. The van der Waals surface area contributed by atoms with Crippen molar-refractivity contribution in [1.29, 1.82) is 0 Å². The van der Waals surface area contributed by atoms with E-state index in [2.05, 4.69) is 0 Å². The second kappa shape index (κ2) is 4.74. The first-order valence-corrected chi connectivity index (χ1v) is 8.03. The Balaban J connectivity index is 1.86. The second-order valence-electron chi connectivity index (χ2n) is 6.37. The predicted octanol–water partition coefficient (Wildman–Crippen LogP) is 2.77. The first-order valence-electron chi connectivity index (χ1n) is 8.03. The Hall–Kier alpha value is -3.05. The molecule has 0 saturated heterocycles. The number of aliphatic hydroxyl groups is 1. The van der Waals surface area contributed by atoms with Gasteiger partial charge in [-0.05, 0) is 18.2 Å². The highest BCUT2D eigenvalue weighted by atomic mass is 16.6. The molecule has 0 aromatic heterocycles. The summed E-state index contributed by atoms with van der Waals surface area (Å²) in [5, 5.41) is 19.8. The molecule has 1 spiro atoms. The molecule has 1 aliphatic carbocycles. The van der Waals surface area contributed by atoms with Crippen LogP contribution >= 0.6 is 0 Å². The van der Waals surface area contributed by atoms with E-state index in [1.165, 1.54) is 6.07 Å². The van der Waals surface area contributed by atoms with Crippen molar-refractivity contribution in [3.05, 3.63) is 82.6 Å². The second-order valence-corrected chi connectivity index (χ2v) is 6.37. The molecular weight excluding hydrogens is 320 g/mol. The van der Waals surface area contributed by atoms with Gasteiger partial charge in [0.1, 0.15) is 17.3 Å². The van der Waals surface area contributed by atoms with Crippen molar-refractivity contribution in [2.45, 2.75) is 18.1 Å². The normalized spacial score (nSPS) is 26.0. The first kappa shape index (κ1) is 14.3. The molecule has 0 bridgehead atoms. The quantitative estimate of drug-likeness (QED) is 0.725. The van der Waals surface area contributed by atoms with E-state index in [0.717, 1.165) is 5.56 Å². The van der Waals surface area contributed by atoms with Crippen molar-refractivity contribution in [3.63, 3.8) is 0 Å². The number of esters is 1. The lowest BCUT2D eigenvalue weighted by Gasteiger charge is -2.39. The van der Waals surface area contributed by atoms with Crippen LogP contribution in [0.1, 0.15) is 27.9 Å². The highest BCUT2D eigenvalue weighted by Gasteiger charge is 2.54. The maximum Gasteiger partial charge on any atom is 0.340 e. The van der Waals surface area contributed by atoms with Crippen molar-refractivity contribution in [3.8, 4) is 11.5 Å². The molecule has 2 aliphatic heterocycles. The van der Waals surface area contributed by atoms with Crippen molar-refractivity contribution in [2.75, 3.05) is 0 Å². The van der Waals surface area contributed by atoms with E-state index < -0.39 is 17.7 Å². The minimum absolute atomic E-state index is 0.0578. The number of benzene rings is 2. The van der Waals surface area contributed by atoms with Crippen LogP contribution in [0.25, 0.3) is 0 Å². The number of phenolic OH excluding ortho intramolecular Hbond substituents is 1. The van der Waals surface area contributed by atoms with Gasteiger partial charge in [-0.3, -0.25) is 0 Å².